The zero-order chi connectivity index (χ0) is 13.0. The highest BCUT2D eigenvalue weighted by Gasteiger charge is 2.53. The van der Waals surface area contributed by atoms with E-state index in [1.807, 2.05) is 24.3 Å². The Bertz CT molecular complexity index is 424. The van der Waals surface area contributed by atoms with Crippen molar-refractivity contribution in [1.82, 2.24) is 0 Å². The summed E-state index contributed by atoms with van der Waals surface area (Å²) in [4.78, 5) is 11.9. The van der Waals surface area contributed by atoms with E-state index in [2.05, 4.69) is 0 Å². The van der Waals surface area contributed by atoms with Gasteiger partial charge in [0, 0.05) is 0 Å². The molecule has 0 heterocycles. The summed E-state index contributed by atoms with van der Waals surface area (Å²) in [6.45, 7) is -0.274. The normalized spacial score (nSPS) is 16.3. The first-order valence-corrected chi connectivity index (χ1v) is 6.47. The number of ether oxygens (including phenoxy) is 1. The molecule has 0 amide bonds. The molecule has 1 saturated carbocycles. The van der Waals surface area contributed by atoms with Crippen molar-refractivity contribution in [1.29, 1.82) is 0 Å². The van der Waals surface area contributed by atoms with Gasteiger partial charge >= 0.3 is 5.97 Å². The number of aryl methyl sites for hydroxylation is 1. The molecule has 18 heavy (non-hydrogen) atoms. The molecule has 0 spiro atoms. The fourth-order valence-electron chi connectivity index (χ4n) is 2.52. The maximum atomic E-state index is 12.2. The molecule has 0 saturated heterocycles. The van der Waals surface area contributed by atoms with Crippen molar-refractivity contribution in [3.63, 3.8) is 0 Å². The third kappa shape index (κ3) is 2.40. The monoisotopic (exact) mass is 250 g/mol. The number of unbranched alkanes of at least 4 members (excludes halogenated alkanes) is 1. The molecule has 0 N–H and O–H groups in total. The van der Waals surface area contributed by atoms with Gasteiger partial charge in [-0.1, -0.05) is 24.3 Å². The minimum atomic E-state index is -0.416. The molecule has 1 aliphatic carbocycles. The fraction of sp³-hybridized carbons (Fsp3) is 0.533. The molecule has 0 radical (unpaired) electrons. The van der Waals surface area contributed by atoms with Crippen molar-refractivity contribution in [2.45, 2.75) is 37.5 Å². The van der Waals surface area contributed by atoms with Gasteiger partial charge in [0.05, 0.1) is 19.2 Å². The third-order valence-electron chi connectivity index (χ3n) is 3.69. The van der Waals surface area contributed by atoms with E-state index < -0.39 is 5.41 Å². The van der Waals surface area contributed by atoms with Crippen LogP contribution in [0.25, 0.3) is 0 Å². The summed E-state index contributed by atoms with van der Waals surface area (Å²) in [6.07, 6.45) is 3.96. The van der Waals surface area contributed by atoms with Gasteiger partial charge in [-0.2, -0.15) is 0 Å². The molecule has 0 bridgehead atoms. The number of hydrogen-bond acceptors (Lipinski definition) is 2. The van der Waals surface area contributed by atoms with Crippen LogP contribution in [0.2, 0.25) is 0 Å². The second kappa shape index (κ2) is 5.51. The summed E-state index contributed by atoms with van der Waals surface area (Å²) in [5.74, 6) is -0.138. The summed E-state index contributed by atoms with van der Waals surface area (Å²) in [6, 6.07) is 7.98. The number of halogens is 1. The van der Waals surface area contributed by atoms with E-state index in [9.17, 15) is 9.18 Å². The van der Waals surface area contributed by atoms with Crippen molar-refractivity contribution in [3.8, 4) is 0 Å². The Kier molecular flexibility index (Phi) is 4.00. The summed E-state index contributed by atoms with van der Waals surface area (Å²) in [5, 5.41) is 0. The summed E-state index contributed by atoms with van der Waals surface area (Å²) in [5.41, 5.74) is 1.82. The predicted octanol–water partition coefficient (Wildman–Crippen LogP) is 3.18. The van der Waals surface area contributed by atoms with E-state index in [1.165, 1.54) is 7.11 Å². The average molecular weight is 250 g/mol. The predicted molar refractivity (Wildman–Crippen MR) is 68.3 cm³/mol. The SMILES string of the molecule is COC(=O)C1(c2ccccc2CCCCF)CC1. The lowest BCUT2D eigenvalue weighted by Gasteiger charge is -2.17. The number of hydrogen-bond donors (Lipinski definition) is 0. The number of carbonyl (C=O) groups is 1. The molecule has 1 aromatic carbocycles. The molecule has 1 aromatic rings. The van der Waals surface area contributed by atoms with E-state index in [4.69, 9.17) is 4.74 Å². The molecule has 0 aliphatic heterocycles. The minimum Gasteiger partial charge on any atom is -0.468 e. The topological polar surface area (TPSA) is 26.3 Å². The number of rotatable bonds is 6. The number of methoxy groups -OCH3 is 1. The molecule has 1 aliphatic rings. The Balaban J connectivity index is 2.20. The zero-order valence-electron chi connectivity index (χ0n) is 10.7. The van der Waals surface area contributed by atoms with Gasteiger partial charge in [-0.25, -0.2) is 0 Å². The van der Waals surface area contributed by atoms with Gasteiger partial charge in [0.25, 0.3) is 0 Å². The molecule has 98 valence electrons. The Morgan fingerprint density at radius 2 is 2.06 bits per heavy atom. The third-order valence-corrected chi connectivity index (χ3v) is 3.69. The standard InChI is InChI=1S/C15H19FO2/c1-18-14(17)15(9-10-15)13-8-3-2-6-12(13)7-4-5-11-16/h2-3,6,8H,4-5,7,9-11H2,1H3. The van der Waals surface area contributed by atoms with Crippen LogP contribution in [0.15, 0.2) is 24.3 Å². The van der Waals surface area contributed by atoms with Gasteiger partial charge in [-0.3, -0.25) is 9.18 Å². The maximum Gasteiger partial charge on any atom is 0.316 e. The smallest absolute Gasteiger partial charge is 0.316 e. The van der Waals surface area contributed by atoms with Gasteiger partial charge in [0.2, 0.25) is 0 Å². The van der Waals surface area contributed by atoms with Crippen LogP contribution in [0.4, 0.5) is 4.39 Å². The molecule has 3 heteroatoms. The van der Waals surface area contributed by atoms with Crippen LogP contribution in [0.3, 0.4) is 0 Å². The highest BCUT2D eigenvalue weighted by molar-refractivity contribution is 5.87. The first-order valence-electron chi connectivity index (χ1n) is 6.47. The fourth-order valence-corrected chi connectivity index (χ4v) is 2.52. The van der Waals surface area contributed by atoms with Crippen molar-refractivity contribution >= 4 is 5.97 Å². The van der Waals surface area contributed by atoms with E-state index in [0.29, 0.717) is 6.42 Å². The lowest BCUT2D eigenvalue weighted by molar-refractivity contribution is -0.143. The van der Waals surface area contributed by atoms with Crippen molar-refractivity contribution in [2.75, 3.05) is 13.8 Å². The van der Waals surface area contributed by atoms with E-state index in [0.717, 1.165) is 36.8 Å². The van der Waals surface area contributed by atoms with E-state index >= 15 is 0 Å². The lowest BCUT2D eigenvalue weighted by Crippen LogP contribution is -2.23. The molecule has 0 aromatic heterocycles. The number of esters is 1. The maximum absolute atomic E-state index is 12.2. The number of benzene rings is 1. The first kappa shape index (κ1) is 13.1. The Hall–Kier alpha value is -1.38. The van der Waals surface area contributed by atoms with Crippen LogP contribution in [0, 0.1) is 0 Å². The van der Waals surface area contributed by atoms with E-state index in [-0.39, 0.29) is 12.6 Å². The van der Waals surface area contributed by atoms with Crippen LogP contribution in [0.5, 0.6) is 0 Å². The van der Waals surface area contributed by atoms with E-state index in [1.54, 1.807) is 0 Å². The van der Waals surface area contributed by atoms with Gasteiger partial charge in [0.15, 0.2) is 0 Å². The highest BCUT2D eigenvalue weighted by Crippen LogP contribution is 2.50. The Morgan fingerprint density at radius 1 is 1.33 bits per heavy atom. The van der Waals surface area contributed by atoms with Gasteiger partial charge in [-0.05, 0) is 43.2 Å². The summed E-state index contributed by atoms with van der Waals surface area (Å²) < 4.78 is 17.1. The lowest BCUT2D eigenvalue weighted by atomic mass is 9.89. The zero-order valence-corrected chi connectivity index (χ0v) is 10.7. The van der Waals surface area contributed by atoms with Crippen LogP contribution in [0.1, 0.15) is 36.8 Å². The van der Waals surface area contributed by atoms with Gasteiger partial charge < -0.3 is 4.74 Å². The Labute approximate surface area is 107 Å². The van der Waals surface area contributed by atoms with Crippen molar-refractivity contribution in [2.24, 2.45) is 0 Å². The van der Waals surface area contributed by atoms with Gasteiger partial charge in [-0.15, -0.1) is 0 Å². The highest BCUT2D eigenvalue weighted by atomic mass is 19.1. The van der Waals surface area contributed by atoms with Crippen molar-refractivity contribution < 1.29 is 13.9 Å². The average Bonchev–Trinajstić information content (AvgIpc) is 3.20. The number of carbonyl (C=O) groups excluding carboxylic acids is 1. The number of alkyl halides is 1. The second-order valence-electron chi connectivity index (χ2n) is 4.88. The first-order chi connectivity index (χ1) is 8.74. The Morgan fingerprint density at radius 3 is 2.67 bits per heavy atom. The molecule has 2 rings (SSSR count). The minimum absolute atomic E-state index is 0.138. The molecule has 1 fully saturated rings. The quantitative estimate of drug-likeness (QED) is 0.572. The van der Waals surface area contributed by atoms with Crippen molar-refractivity contribution in [3.05, 3.63) is 35.4 Å². The molecule has 0 unspecified atom stereocenters. The largest absolute Gasteiger partial charge is 0.468 e. The van der Waals surface area contributed by atoms with Gasteiger partial charge in [0.1, 0.15) is 0 Å². The van der Waals surface area contributed by atoms with Crippen LogP contribution in [-0.2, 0) is 21.4 Å². The summed E-state index contributed by atoms with van der Waals surface area (Å²) >= 11 is 0. The second-order valence-corrected chi connectivity index (χ2v) is 4.88. The molecule has 0 atom stereocenters. The van der Waals surface area contributed by atoms with Crippen LogP contribution < -0.4 is 0 Å². The molecular formula is C15H19FO2. The van der Waals surface area contributed by atoms with Crippen LogP contribution >= 0.6 is 0 Å². The summed E-state index contributed by atoms with van der Waals surface area (Å²) in [7, 11) is 1.44. The van der Waals surface area contributed by atoms with Crippen LogP contribution in [-0.4, -0.2) is 19.8 Å². The molecular weight excluding hydrogens is 231 g/mol. The molecule has 2 nitrogen and oxygen atoms in total.